The molecule has 2 heterocycles. The zero-order chi connectivity index (χ0) is 14.8. The van der Waals surface area contributed by atoms with Gasteiger partial charge >= 0.3 is 0 Å². The number of benzene rings is 1. The van der Waals surface area contributed by atoms with Crippen LogP contribution in [-0.2, 0) is 13.6 Å². The van der Waals surface area contributed by atoms with Gasteiger partial charge in [0.15, 0.2) is 11.5 Å². The molecule has 0 saturated carbocycles. The average Bonchev–Trinajstić information content (AvgIpc) is 2.91. The third-order valence-electron chi connectivity index (χ3n) is 2.97. The molecule has 0 saturated heterocycles. The van der Waals surface area contributed by atoms with Gasteiger partial charge in [-0.1, -0.05) is 18.2 Å². The number of nitrogens with one attached hydrogen (secondary N) is 2. The predicted octanol–water partition coefficient (Wildman–Crippen LogP) is -0.0184. The minimum absolute atomic E-state index is 0.168. The van der Waals surface area contributed by atoms with Crippen LogP contribution in [0.4, 0.5) is 0 Å². The van der Waals surface area contributed by atoms with Crippen molar-refractivity contribution in [3.63, 3.8) is 0 Å². The van der Waals surface area contributed by atoms with Crippen LogP contribution in [0, 0.1) is 0 Å². The zero-order valence-electron chi connectivity index (χ0n) is 11.2. The minimum atomic E-state index is -0.394. The van der Waals surface area contributed by atoms with Crippen molar-refractivity contribution in [2.45, 2.75) is 6.54 Å². The molecule has 2 N–H and O–H groups in total. The molecule has 0 aliphatic carbocycles. The van der Waals surface area contributed by atoms with E-state index in [4.69, 9.17) is 0 Å². The number of carbonyl (C=O) groups is 1. The molecule has 0 fully saturated rings. The fraction of sp³-hybridized carbons (Fsp3) is 0.154. The molecule has 8 nitrogen and oxygen atoms in total. The summed E-state index contributed by atoms with van der Waals surface area (Å²) in [6.07, 6.45) is 1.55. The van der Waals surface area contributed by atoms with Crippen molar-refractivity contribution in [2.24, 2.45) is 7.05 Å². The third kappa shape index (κ3) is 2.50. The first-order chi connectivity index (χ1) is 10.1. The van der Waals surface area contributed by atoms with Crippen molar-refractivity contribution in [2.75, 3.05) is 0 Å². The molecular weight excluding hydrogens is 272 g/mol. The first-order valence-electron chi connectivity index (χ1n) is 6.25. The lowest BCUT2D eigenvalue weighted by atomic mass is 10.1. The summed E-state index contributed by atoms with van der Waals surface area (Å²) in [5.74, 6) is 0.106. The van der Waals surface area contributed by atoms with E-state index in [0.717, 1.165) is 0 Å². The Labute approximate surface area is 118 Å². The second kappa shape index (κ2) is 5.16. The predicted molar refractivity (Wildman–Crippen MR) is 74.5 cm³/mol. The molecule has 0 unspecified atom stereocenters. The Kier molecular flexibility index (Phi) is 3.19. The van der Waals surface area contributed by atoms with Gasteiger partial charge in [0.25, 0.3) is 11.5 Å². The van der Waals surface area contributed by atoms with Crippen LogP contribution in [0.1, 0.15) is 16.3 Å². The van der Waals surface area contributed by atoms with Crippen LogP contribution >= 0.6 is 0 Å². The van der Waals surface area contributed by atoms with Gasteiger partial charge in [0, 0.05) is 12.4 Å². The quantitative estimate of drug-likeness (QED) is 0.703. The van der Waals surface area contributed by atoms with Gasteiger partial charge in [0.1, 0.15) is 6.33 Å². The first kappa shape index (κ1) is 13.0. The summed E-state index contributed by atoms with van der Waals surface area (Å²) in [5.41, 5.74) is -0.158. The van der Waals surface area contributed by atoms with E-state index < -0.39 is 5.91 Å². The Hall–Kier alpha value is -3.03. The average molecular weight is 284 g/mol. The highest BCUT2D eigenvalue weighted by atomic mass is 16.2. The summed E-state index contributed by atoms with van der Waals surface area (Å²) in [4.78, 5) is 27.9. The van der Waals surface area contributed by atoms with Crippen molar-refractivity contribution in [1.29, 1.82) is 0 Å². The number of hydrogen-bond donors (Lipinski definition) is 2. The van der Waals surface area contributed by atoms with Gasteiger partial charge in [-0.2, -0.15) is 10.2 Å². The lowest BCUT2D eigenvalue weighted by Gasteiger charge is -2.05. The van der Waals surface area contributed by atoms with Gasteiger partial charge < -0.3 is 5.32 Å². The van der Waals surface area contributed by atoms with Gasteiger partial charge in [-0.25, -0.2) is 10.1 Å². The van der Waals surface area contributed by atoms with Crippen LogP contribution in [0.3, 0.4) is 0 Å². The number of amides is 1. The SMILES string of the molecule is Cn1cnc(CNC(=O)c2n[nH]c(=O)c3ccccc23)n1. The number of fused-ring (bicyclic) bond motifs is 1. The highest BCUT2D eigenvalue weighted by molar-refractivity contribution is 6.04. The fourth-order valence-corrected chi connectivity index (χ4v) is 2.00. The fourth-order valence-electron chi connectivity index (χ4n) is 2.00. The highest BCUT2D eigenvalue weighted by Gasteiger charge is 2.14. The molecule has 8 heteroatoms. The largest absolute Gasteiger partial charge is 0.343 e. The number of H-pyrrole nitrogens is 1. The second-order valence-electron chi connectivity index (χ2n) is 4.46. The topological polar surface area (TPSA) is 106 Å². The molecule has 0 radical (unpaired) electrons. The summed E-state index contributed by atoms with van der Waals surface area (Å²) in [6, 6.07) is 6.82. The van der Waals surface area contributed by atoms with Gasteiger partial charge in [-0.15, -0.1) is 0 Å². The molecule has 3 rings (SSSR count). The van der Waals surface area contributed by atoms with E-state index in [0.29, 0.717) is 16.6 Å². The molecule has 1 amide bonds. The van der Waals surface area contributed by atoms with Crippen molar-refractivity contribution >= 4 is 16.7 Å². The summed E-state index contributed by atoms with van der Waals surface area (Å²) < 4.78 is 1.55. The summed E-state index contributed by atoms with van der Waals surface area (Å²) in [7, 11) is 1.75. The van der Waals surface area contributed by atoms with E-state index in [1.54, 1.807) is 42.3 Å². The Bertz CT molecular complexity index is 866. The number of aryl methyl sites for hydroxylation is 1. The van der Waals surface area contributed by atoms with Crippen LogP contribution in [0.25, 0.3) is 10.8 Å². The van der Waals surface area contributed by atoms with E-state index >= 15 is 0 Å². The standard InChI is InChI=1S/C13H12N6O2/c1-19-7-15-10(18-19)6-14-13(21)11-8-4-2-3-5-9(8)12(20)17-16-11/h2-5,7H,6H2,1H3,(H,14,21)(H,17,20). The monoisotopic (exact) mass is 284 g/mol. The van der Waals surface area contributed by atoms with Gasteiger partial charge in [0.2, 0.25) is 0 Å². The van der Waals surface area contributed by atoms with E-state index in [2.05, 4.69) is 25.6 Å². The van der Waals surface area contributed by atoms with Crippen LogP contribution < -0.4 is 10.9 Å². The maximum Gasteiger partial charge on any atom is 0.272 e. The van der Waals surface area contributed by atoms with E-state index in [1.165, 1.54) is 0 Å². The Morgan fingerprint density at radius 2 is 2.10 bits per heavy atom. The van der Waals surface area contributed by atoms with Crippen molar-refractivity contribution in [3.05, 3.63) is 52.5 Å². The first-order valence-corrected chi connectivity index (χ1v) is 6.25. The molecule has 0 bridgehead atoms. The number of carbonyl (C=O) groups excluding carboxylic acids is 1. The number of aromatic amines is 1. The van der Waals surface area contributed by atoms with Crippen LogP contribution in [-0.4, -0.2) is 30.9 Å². The third-order valence-corrected chi connectivity index (χ3v) is 2.97. The lowest BCUT2D eigenvalue weighted by molar-refractivity contribution is 0.0945. The zero-order valence-corrected chi connectivity index (χ0v) is 11.2. The van der Waals surface area contributed by atoms with Crippen LogP contribution in [0.5, 0.6) is 0 Å². The molecule has 1 aromatic carbocycles. The molecule has 0 aliphatic heterocycles. The van der Waals surface area contributed by atoms with Gasteiger partial charge in [-0.3, -0.25) is 14.3 Å². The summed E-state index contributed by atoms with van der Waals surface area (Å²) in [5, 5.41) is 13.8. The molecular formula is C13H12N6O2. The Morgan fingerprint density at radius 1 is 1.33 bits per heavy atom. The molecule has 0 spiro atoms. The lowest BCUT2D eigenvalue weighted by Crippen LogP contribution is -2.26. The Balaban J connectivity index is 1.88. The number of aromatic nitrogens is 5. The normalized spacial score (nSPS) is 10.7. The van der Waals surface area contributed by atoms with Crippen molar-refractivity contribution < 1.29 is 4.79 Å². The smallest absolute Gasteiger partial charge is 0.272 e. The molecule has 0 atom stereocenters. The molecule has 2 aromatic heterocycles. The summed E-state index contributed by atoms with van der Waals surface area (Å²) >= 11 is 0. The van der Waals surface area contributed by atoms with Gasteiger partial charge in [0.05, 0.1) is 11.9 Å². The van der Waals surface area contributed by atoms with Crippen molar-refractivity contribution in [3.8, 4) is 0 Å². The molecule has 0 aliphatic rings. The number of hydrogen-bond acceptors (Lipinski definition) is 5. The molecule has 3 aromatic rings. The van der Waals surface area contributed by atoms with Crippen molar-refractivity contribution in [1.82, 2.24) is 30.3 Å². The Morgan fingerprint density at radius 3 is 2.81 bits per heavy atom. The van der Waals surface area contributed by atoms with Crippen LogP contribution in [0.2, 0.25) is 0 Å². The maximum atomic E-state index is 12.2. The van der Waals surface area contributed by atoms with Crippen LogP contribution in [0.15, 0.2) is 35.4 Å². The van der Waals surface area contributed by atoms with E-state index in [1.807, 2.05) is 0 Å². The maximum absolute atomic E-state index is 12.2. The van der Waals surface area contributed by atoms with E-state index in [-0.39, 0.29) is 17.8 Å². The number of rotatable bonds is 3. The number of nitrogens with zero attached hydrogens (tertiary/aromatic N) is 4. The van der Waals surface area contributed by atoms with Gasteiger partial charge in [-0.05, 0) is 6.07 Å². The highest BCUT2D eigenvalue weighted by Crippen LogP contribution is 2.12. The molecule has 106 valence electrons. The second-order valence-corrected chi connectivity index (χ2v) is 4.46. The minimum Gasteiger partial charge on any atom is -0.343 e. The van der Waals surface area contributed by atoms with E-state index in [9.17, 15) is 9.59 Å². The summed E-state index contributed by atoms with van der Waals surface area (Å²) in [6.45, 7) is 0.189. The molecule has 21 heavy (non-hydrogen) atoms.